The lowest BCUT2D eigenvalue weighted by Crippen LogP contribution is -2.27. The molecule has 1 amide bonds. The molecular formula is C18H15ClFN3O2S. The quantitative estimate of drug-likeness (QED) is 0.587. The van der Waals surface area contributed by atoms with E-state index in [2.05, 4.69) is 10.2 Å². The van der Waals surface area contributed by atoms with Crippen molar-refractivity contribution in [3.05, 3.63) is 64.9 Å². The van der Waals surface area contributed by atoms with E-state index in [1.807, 2.05) is 12.1 Å². The first kappa shape index (κ1) is 18.4. The minimum atomic E-state index is -0.438. The Morgan fingerprint density at radius 1 is 1.19 bits per heavy atom. The molecule has 0 aliphatic heterocycles. The van der Waals surface area contributed by atoms with Crippen LogP contribution in [-0.2, 0) is 11.3 Å². The van der Waals surface area contributed by atoms with E-state index in [1.54, 1.807) is 42.3 Å². The monoisotopic (exact) mass is 391 g/mol. The highest BCUT2D eigenvalue weighted by molar-refractivity contribution is 7.99. The van der Waals surface area contributed by atoms with Gasteiger partial charge in [-0.1, -0.05) is 47.6 Å². The fraction of sp³-hybridized carbons (Fsp3) is 0.167. The molecule has 0 saturated carbocycles. The fourth-order valence-electron chi connectivity index (χ4n) is 2.20. The fourth-order valence-corrected chi connectivity index (χ4v) is 3.03. The predicted octanol–water partition coefficient (Wildman–Crippen LogP) is 4.28. The first-order valence-corrected chi connectivity index (χ1v) is 9.09. The average Bonchev–Trinajstić information content (AvgIpc) is 3.10. The average molecular weight is 392 g/mol. The summed E-state index contributed by atoms with van der Waals surface area (Å²) in [6.07, 6.45) is 0. The third-order valence-electron chi connectivity index (χ3n) is 3.59. The van der Waals surface area contributed by atoms with Crippen LogP contribution in [0.5, 0.6) is 0 Å². The Kier molecular flexibility index (Phi) is 5.90. The normalized spacial score (nSPS) is 10.7. The maximum Gasteiger partial charge on any atom is 0.277 e. The van der Waals surface area contributed by atoms with Gasteiger partial charge in [-0.05, 0) is 29.8 Å². The van der Waals surface area contributed by atoms with Crippen LogP contribution >= 0.6 is 23.4 Å². The number of halogens is 2. The number of carbonyl (C=O) groups excluding carboxylic acids is 1. The van der Waals surface area contributed by atoms with E-state index in [-0.39, 0.29) is 28.3 Å². The summed E-state index contributed by atoms with van der Waals surface area (Å²) >= 11 is 6.97. The summed E-state index contributed by atoms with van der Waals surface area (Å²) in [6, 6.07) is 13.5. The Bertz CT molecular complexity index is 901. The number of carbonyl (C=O) groups is 1. The van der Waals surface area contributed by atoms with E-state index < -0.39 is 5.82 Å². The second-order valence-corrected chi connectivity index (χ2v) is 6.88. The number of aromatic nitrogens is 2. The lowest BCUT2D eigenvalue weighted by molar-refractivity contribution is -0.127. The summed E-state index contributed by atoms with van der Waals surface area (Å²) in [5.41, 5.74) is 1.22. The van der Waals surface area contributed by atoms with E-state index >= 15 is 0 Å². The molecule has 26 heavy (non-hydrogen) atoms. The molecule has 0 aliphatic rings. The summed E-state index contributed by atoms with van der Waals surface area (Å²) in [4.78, 5) is 13.8. The van der Waals surface area contributed by atoms with Crippen LogP contribution in [0.2, 0.25) is 5.02 Å². The van der Waals surface area contributed by atoms with Gasteiger partial charge in [0.05, 0.1) is 11.3 Å². The van der Waals surface area contributed by atoms with Crippen LogP contribution in [0, 0.1) is 5.82 Å². The van der Waals surface area contributed by atoms with Gasteiger partial charge in [-0.25, -0.2) is 4.39 Å². The Balaban J connectivity index is 1.56. The second kappa shape index (κ2) is 8.33. The molecule has 5 nitrogen and oxygen atoms in total. The summed E-state index contributed by atoms with van der Waals surface area (Å²) in [5, 5.41) is 8.56. The van der Waals surface area contributed by atoms with E-state index in [0.717, 1.165) is 17.3 Å². The van der Waals surface area contributed by atoms with Crippen LogP contribution in [0.25, 0.3) is 11.5 Å². The number of hydrogen-bond acceptors (Lipinski definition) is 5. The lowest BCUT2D eigenvalue weighted by atomic mass is 10.2. The van der Waals surface area contributed by atoms with Crippen LogP contribution < -0.4 is 0 Å². The van der Waals surface area contributed by atoms with Crippen molar-refractivity contribution in [2.24, 2.45) is 0 Å². The van der Waals surface area contributed by atoms with Crippen LogP contribution in [-0.4, -0.2) is 33.8 Å². The van der Waals surface area contributed by atoms with Gasteiger partial charge in [0, 0.05) is 18.6 Å². The molecule has 8 heteroatoms. The number of hydrogen-bond donors (Lipinski definition) is 0. The van der Waals surface area contributed by atoms with Gasteiger partial charge in [0.25, 0.3) is 11.1 Å². The van der Waals surface area contributed by atoms with Crippen molar-refractivity contribution in [2.45, 2.75) is 11.8 Å². The maximum atomic E-state index is 13.7. The molecule has 1 aromatic heterocycles. The van der Waals surface area contributed by atoms with E-state index in [0.29, 0.717) is 11.6 Å². The topological polar surface area (TPSA) is 59.2 Å². The van der Waals surface area contributed by atoms with Gasteiger partial charge in [0.1, 0.15) is 5.82 Å². The minimum Gasteiger partial charge on any atom is -0.411 e. The molecule has 0 saturated heterocycles. The summed E-state index contributed by atoms with van der Waals surface area (Å²) in [7, 11) is 1.72. The molecule has 0 bridgehead atoms. The first-order chi connectivity index (χ1) is 12.5. The highest BCUT2D eigenvalue weighted by Crippen LogP contribution is 2.25. The number of benzene rings is 2. The van der Waals surface area contributed by atoms with Crippen LogP contribution in [0.1, 0.15) is 5.56 Å². The molecule has 0 N–H and O–H groups in total. The number of nitrogens with zero attached hydrogens (tertiary/aromatic N) is 3. The molecule has 0 unspecified atom stereocenters. The summed E-state index contributed by atoms with van der Waals surface area (Å²) in [6.45, 7) is 0.473. The van der Waals surface area contributed by atoms with E-state index in [1.165, 1.54) is 6.07 Å². The van der Waals surface area contributed by atoms with Crippen molar-refractivity contribution in [1.29, 1.82) is 0 Å². The third-order valence-corrected chi connectivity index (χ3v) is 4.64. The largest absolute Gasteiger partial charge is 0.411 e. The highest BCUT2D eigenvalue weighted by Gasteiger charge is 2.15. The van der Waals surface area contributed by atoms with Gasteiger partial charge >= 0.3 is 0 Å². The van der Waals surface area contributed by atoms with Gasteiger partial charge in [-0.3, -0.25) is 4.79 Å². The third kappa shape index (κ3) is 4.62. The maximum absolute atomic E-state index is 13.7. The van der Waals surface area contributed by atoms with Crippen molar-refractivity contribution in [2.75, 3.05) is 12.8 Å². The van der Waals surface area contributed by atoms with Gasteiger partial charge in [-0.2, -0.15) is 0 Å². The zero-order valence-electron chi connectivity index (χ0n) is 13.9. The van der Waals surface area contributed by atoms with Crippen LogP contribution in [0.4, 0.5) is 4.39 Å². The van der Waals surface area contributed by atoms with Crippen molar-refractivity contribution >= 4 is 29.3 Å². The Hall–Kier alpha value is -2.38. The Labute approximate surface area is 159 Å². The van der Waals surface area contributed by atoms with Crippen molar-refractivity contribution < 1.29 is 13.6 Å². The van der Waals surface area contributed by atoms with Gasteiger partial charge < -0.3 is 9.32 Å². The van der Waals surface area contributed by atoms with Crippen LogP contribution in [0.3, 0.4) is 0 Å². The molecule has 134 valence electrons. The Morgan fingerprint density at radius 3 is 2.65 bits per heavy atom. The van der Waals surface area contributed by atoms with Crippen LogP contribution in [0.15, 0.2) is 58.2 Å². The Morgan fingerprint density at radius 2 is 1.92 bits per heavy atom. The van der Waals surface area contributed by atoms with E-state index in [4.69, 9.17) is 16.0 Å². The molecule has 0 radical (unpaired) electrons. The number of amides is 1. The zero-order valence-corrected chi connectivity index (χ0v) is 15.4. The number of thioether (sulfide) groups is 1. The van der Waals surface area contributed by atoms with Gasteiger partial charge in [-0.15, -0.1) is 10.2 Å². The standard InChI is InChI=1S/C18H15ClFN3O2S/c1-23(10-12-6-8-13(19)9-7-12)16(24)11-26-18-22-21-17(25-18)14-4-2-3-5-15(14)20/h2-9H,10-11H2,1H3. The molecule has 2 aromatic carbocycles. The molecule has 1 heterocycles. The zero-order chi connectivity index (χ0) is 18.5. The molecule has 0 fully saturated rings. The molecule has 0 spiro atoms. The van der Waals surface area contributed by atoms with Crippen molar-refractivity contribution in [1.82, 2.24) is 15.1 Å². The predicted molar refractivity (Wildman–Crippen MR) is 98.3 cm³/mol. The second-order valence-electron chi connectivity index (χ2n) is 5.52. The van der Waals surface area contributed by atoms with Crippen molar-refractivity contribution in [3.63, 3.8) is 0 Å². The van der Waals surface area contributed by atoms with E-state index in [9.17, 15) is 9.18 Å². The summed E-state index contributed by atoms with van der Waals surface area (Å²) in [5.74, 6) is -0.294. The van der Waals surface area contributed by atoms with Gasteiger partial charge in [0.2, 0.25) is 5.91 Å². The molecule has 3 rings (SSSR count). The molecule has 0 atom stereocenters. The van der Waals surface area contributed by atoms with Crippen molar-refractivity contribution in [3.8, 4) is 11.5 Å². The highest BCUT2D eigenvalue weighted by atomic mass is 35.5. The molecule has 3 aromatic rings. The smallest absolute Gasteiger partial charge is 0.277 e. The SMILES string of the molecule is CN(Cc1ccc(Cl)cc1)C(=O)CSc1nnc(-c2ccccc2F)o1. The first-order valence-electron chi connectivity index (χ1n) is 7.72. The minimum absolute atomic E-state index is 0.0874. The lowest BCUT2D eigenvalue weighted by Gasteiger charge is -2.16. The molecule has 0 aliphatic carbocycles. The van der Waals surface area contributed by atoms with Gasteiger partial charge in [0.15, 0.2) is 0 Å². The molecular weight excluding hydrogens is 377 g/mol. The summed E-state index contributed by atoms with van der Waals surface area (Å²) < 4.78 is 19.2. The number of rotatable bonds is 6.